The molecule has 152 valence electrons. The molecule has 0 radical (unpaired) electrons. The number of hydrogen-bond acceptors (Lipinski definition) is 5. The van der Waals surface area contributed by atoms with Gasteiger partial charge in [-0.05, 0) is 24.4 Å². The Balaban J connectivity index is 0.00000280. The molecule has 3 N–H and O–H groups in total. The van der Waals surface area contributed by atoms with E-state index in [2.05, 4.69) is 44.9 Å². The second-order valence-electron chi connectivity index (χ2n) is 6.14. The maximum atomic E-state index is 10.5. The zero-order valence-corrected chi connectivity index (χ0v) is 19.3. The molecule has 0 aliphatic carbocycles. The number of halogens is 1. The predicted octanol–water partition coefficient (Wildman–Crippen LogP) is 2.96. The highest BCUT2D eigenvalue weighted by Gasteiger charge is 2.11. The third-order valence-corrected chi connectivity index (χ3v) is 5.41. The third kappa shape index (κ3) is 5.89. The van der Waals surface area contributed by atoms with Crippen molar-refractivity contribution in [2.24, 2.45) is 4.99 Å². The van der Waals surface area contributed by atoms with Crippen molar-refractivity contribution in [2.45, 2.75) is 32.9 Å². The van der Waals surface area contributed by atoms with E-state index in [1.807, 2.05) is 29.7 Å². The van der Waals surface area contributed by atoms with Crippen molar-refractivity contribution in [3.63, 3.8) is 0 Å². The molecular weight excluding hydrogens is 487 g/mol. The molecule has 1 unspecified atom stereocenters. The Bertz CT molecular complexity index is 860. The molecule has 0 saturated carbocycles. The predicted molar refractivity (Wildman–Crippen MR) is 126 cm³/mol. The summed E-state index contributed by atoms with van der Waals surface area (Å²) in [4.78, 5) is 5.47. The fraction of sp³-hybridized carbons (Fsp3) is 0.421. The summed E-state index contributed by atoms with van der Waals surface area (Å²) in [6, 6.07) is 10.2. The van der Waals surface area contributed by atoms with Gasteiger partial charge in [-0.1, -0.05) is 25.1 Å². The lowest BCUT2D eigenvalue weighted by Gasteiger charge is -2.13. The average Bonchev–Trinajstić information content (AvgIpc) is 3.32. The van der Waals surface area contributed by atoms with E-state index in [1.165, 1.54) is 4.70 Å². The molecule has 1 atom stereocenters. The van der Waals surface area contributed by atoms with Gasteiger partial charge in [-0.15, -0.1) is 45.5 Å². The number of aromatic nitrogens is 3. The highest BCUT2D eigenvalue weighted by molar-refractivity contribution is 14.0. The van der Waals surface area contributed by atoms with Gasteiger partial charge in [-0.3, -0.25) is 4.99 Å². The van der Waals surface area contributed by atoms with Crippen LogP contribution in [-0.4, -0.2) is 45.5 Å². The second kappa shape index (κ2) is 11.3. The van der Waals surface area contributed by atoms with Gasteiger partial charge in [0.25, 0.3) is 0 Å². The Morgan fingerprint density at radius 1 is 1.29 bits per heavy atom. The summed E-state index contributed by atoms with van der Waals surface area (Å²) in [5.74, 6) is 1.67. The molecule has 2 aromatic heterocycles. The van der Waals surface area contributed by atoms with Gasteiger partial charge in [-0.25, -0.2) is 0 Å². The first-order valence-electron chi connectivity index (χ1n) is 9.26. The van der Waals surface area contributed by atoms with Crippen LogP contribution in [0, 0.1) is 0 Å². The highest BCUT2D eigenvalue weighted by Crippen LogP contribution is 2.29. The maximum absolute atomic E-state index is 10.5. The van der Waals surface area contributed by atoms with Gasteiger partial charge in [0.1, 0.15) is 18.3 Å². The van der Waals surface area contributed by atoms with E-state index in [9.17, 15) is 5.11 Å². The maximum Gasteiger partial charge on any atom is 0.191 e. The van der Waals surface area contributed by atoms with E-state index in [1.54, 1.807) is 17.7 Å². The van der Waals surface area contributed by atoms with Gasteiger partial charge in [0, 0.05) is 35.6 Å². The SMILES string of the molecule is CCNC(=NCC(O)c1cc2ccccc2s1)NCCn1cnnc1CC.I. The van der Waals surface area contributed by atoms with Crippen molar-refractivity contribution < 1.29 is 5.11 Å². The first-order chi connectivity index (χ1) is 13.2. The van der Waals surface area contributed by atoms with Crippen LogP contribution in [0.4, 0.5) is 0 Å². The minimum Gasteiger partial charge on any atom is -0.386 e. The highest BCUT2D eigenvalue weighted by atomic mass is 127. The Labute approximate surface area is 186 Å². The third-order valence-electron chi connectivity index (χ3n) is 4.20. The number of aliphatic hydroxyl groups is 1. The molecule has 0 amide bonds. The minimum absolute atomic E-state index is 0. The quantitative estimate of drug-likeness (QED) is 0.245. The van der Waals surface area contributed by atoms with Gasteiger partial charge in [0.2, 0.25) is 0 Å². The van der Waals surface area contributed by atoms with Gasteiger partial charge >= 0.3 is 0 Å². The number of guanidine groups is 1. The Hall–Kier alpha value is -1.72. The van der Waals surface area contributed by atoms with Crippen LogP contribution in [0.3, 0.4) is 0 Å². The fourth-order valence-corrected chi connectivity index (χ4v) is 3.85. The molecule has 0 aliphatic heterocycles. The molecule has 0 fully saturated rings. The minimum atomic E-state index is -0.609. The first-order valence-corrected chi connectivity index (χ1v) is 10.1. The van der Waals surface area contributed by atoms with Crippen LogP contribution in [0.2, 0.25) is 0 Å². The molecule has 3 rings (SSSR count). The number of rotatable bonds is 8. The van der Waals surface area contributed by atoms with Gasteiger partial charge < -0.3 is 20.3 Å². The summed E-state index contributed by atoms with van der Waals surface area (Å²) in [5, 5.41) is 26.2. The smallest absolute Gasteiger partial charge is 0.191 e. The van der Waals surface area contributed by atoms with Crippen molar-refractivity contribution in [3.8, 4) is 0 Å². The number of thiophene rings is 1. The number of aryl methyl sites for hydroxylation is 1. The number of benzene rings is 1. The van der Waals surface area contributed by atoms with E-state index in [0.29, 0.717) is 19.0 Å². The molecule has 7 nitrogen and oxygen atoms in total. The lowest BCUT2D eigenvalue weighted by molar-refractivity contribution is 0.191. The van der Waals surface area contributed by atoms with Crippen LogP contribution < -0.4 is 10.6 Å². The number of nitrogens with zero attached hydrogens (tertiary/aromatic N) is 4. The molecule has 0 aliphatic rings. The summed E-state index contributed by atoms with van der Waals surface area (Å²) in [6.07, 6.45) is 1.99. The number of hydrogen-bond donors (Lipinski definition) is 3. The lowest BCUT2D eigenvalue weighted by atomic mass is 10.2. The summed E-state index contributed by atoms with van der Waals surface area (Å²) in [7, 11) is 0. The summed E-state index contributed by atoms with van der Waals surface area (Å²) < 4.78 is 3.21. The molecule has 0 saturated heterocycles. The van der Waals surface area contributed by atoms with Crippen molar-refractivity contribution in [1.82, 2.24) is 25.4 Å². The monoisotopic (exact) mass is 514 g/mol. The van der Waals surface area contributed by atoms with E-state index in [0.717, 1.165) is 35.6 Å². The van der Waals surface area contributed by atoms with Crippen LogP contribution in [0.5, 0.6) is 0 Å². The zero-order chi connectivity index (χ0) is 19.1. The van der Waals surface area contributed by atoms with Gasteiger partial charge in [0.15, 0.2) is 5.96 Å². The van der Waals surface area contributed by atoms with Crippen LogP contribution in [-0.2, 0) is 13.0 Å². The van der Waals surface area contributed by atoms with Crippen LogP contribution >= 0.6 is 35.3 Å². The second-order valence-corrected chi connectivity index (χ2v) is 7.26. The largest absolute Gasteiger partial charge is 0.386 e. The Morgan fingerprint density at radius 2 is 2.11 bits per heavy atom. The molecule has 0 bridgehead atoms. The number of nitrogens with one attached hydrogen (secondary N) is 2. The van der Waals surface area contributed by atoms with E-state index >= 15 is 0 Å². The molecular formula is C19H27IN6OS. The molecule has 9 heteroatoms. The number of aliphatic hydroxyl groups excluding tert-OH is 1. The van der Waals surface area contributed by atoms with E-state index < -0.39 is 6.10 Å². The summed E-state index contributed by atoms with van der Waals surface area (Å²) in [5.41, 5.74) is 0. The molecule has 1 aromatic carbocycles. The van der Waals surface area contributed by atoms with Crippen molar-refractivity contribution in [2.75, 3.05) is 19.6 Å². The normalized spacial score (nSPS) is 12.6. The average molecular weight is 514 g/mol. The number of fused-ring (bicyclic) bond motifs is 1. The molecule has 0 spiro atoms. The van der Waals surface area contributed by atoms with Crippen LogP contribution in [0.25, 0.3) is 10.1 Å². The number of aliphatic imine (C=N–C) groups is 1. The van der Waals surface area contributed by atoms with Crippen LogP contribution in [0.15, 0.2) is 41.7 Å². The first kappa shape index (κ1) is 22.6. The van der Waals surface area contributed by atoms with Crippen molar-refractivity contribution in [1.29, 1.82) is 0 Å². The Morgan fingerprint density at radius 3 is 2.86 bits per heavy atom. The zero-order valence-electron chi connectivity index (χ0n) is 16.1. The summed E-state index contributed by atoms with van der Waals surface area (Å²) in [6.45, 7) is 6.63. The van der Waals surface area contributed by atoms with Crippen molar-refractivity contribution in [3.05, 3.63) is 47.4 Å². The molecule has 28 heavy (non-hydrogen) atoms. The van der Waals surface area contributed by atoms with E-state index in [-0.39, 0.29) is 24.0 Å². The fourth-order valence-electron chi connectivity index (χ4n) is 2.81. The topological polar surface area (TPSA) is 87.4 Å². The Kier molecular flexibility index (Phi) is 9.13. The summed E-state index contributed by atoms with van der Waals surface area (Å²) >= 11 is 1.61. The molecule has 2 heterocycles. The van der Waals surface area contributed by atoms with Gasteiger partial charge in [-0.2, -0.15) is 0 Å². The van der Waals surface area contributed by atoms with E-state index in [4.69, 9.17) is 0 Å². The standard InChI is InChI=1S/C19H26N6OS.HI/c1-3-18-24-23-13-25(18)10-9-21-19(20-4-2)22-12-15(26)17-11-14-7-5-6-8-16(14)27-17;/h5-8,11,13,15,26H,3-4,9-10,12H2,1-2H3,(H2,20,21,22);1H. The van der Waals surface area contributed by atoms with Crippen LogP contribution in [0.1, 0.15) is 30.7 Å². The van der Waals surface area contributed by atoms with Crippen molar-refractivity contribution >= 4 is 51.4 Å². The molecule has 3 aromatic rings. The van der Waals surface area contributed by atoms with Gasteiger partial charge in [0.05, 0.1) is 6.54 Å². The lowest BCUT2D eigenvalue weighted by Crippen LogP contribution is -2.39.